The Morgan fingerprint density at radius 2 is 1.75 bits per heavy atom. The standard InChI is InChI=1S/C21H28N2O4S/c1-28(25,26)22-15-19(23-14-6-5-9-21(23)24)16-27-20-12-10-18(11-13-20)17-7-3-2-4-8-17/h2-9,14,18-20,22H,10-13,15-16H2,1H3. The molecule has 3 rings (SSSR count). The molecule has 0 spiro atoms. The highest BCUT2D eigenvalue weighted by Gasteiger charge is 2.24. The minimum absolute atomic E-state index is 0.127. The smallest absolute Gasteiger partial charge is 0.250 e. The third kappa shape index (κ3) is 6.02. The van der Waals surface area contributed by atoms with Gasteiger partial charge in [-0.2, -0.15) is 0 Å². The molecule has 0 saturated heterocycles. The quantitative estimate of drug-likeness (QED) is 0.734. The van der Waals surface area contributed by atoms with Crippen molar-refractivity contribution in [2.24, 2.45) is 0 Å². The van der Waals surface area contributed by atoms with Crippen LogP contribution in [0.4, 0.5) is 0 Å². The normalized spacial score (nSPS) is 21.3. The van der Waals surface area contributed by atoms with Crippen molar-refractivity contribution >= 4 is 10.0 Å². The fraction of sp³-hybridized carbons (Fsp3) is 0.476. The molecule has 0 radical (unpaired) electrons. The molecule has 0 aliphatic heterocycles. The average molecular weight is 405 g/mol. The van der Waals surface area contributed by atoms with Crippen LogP contribution in [-0.2, 0) is 14.8 Å². The Labute approximate surface area is 166 Å². The lowest BCUT2D eigenvalue weighted by Crippen LogP contribution is -2.37. The maximum Gasteiger partial charge on any atom is 0.250 e. The second-order valence-electron chi connectivity index (χ2n) is 7.44. The molecule has 1 unspecified atom stereocenters. The minimum Gasteiger partial charge on any atom is -0.376 e. The molecule has 6 nitrogen and oxygen atoms in total. The Morgan fingerprint density at radius 1 is 1.07 bits per heavy atom. The Morgan fingerprint density at radius 3 is 2.39 bits per heavy atom. The topological polar surface area (TPSA) is 77.4 Å². The van der Waals surface area contributed by atoms with Crippen molar-refractivity contribution < 1.29 is 13.2 Å². The molecule has 1 aromatic carbocycles. The second kappa shape index (κ2) is 9.49. The zero-order valence-electron chi connectivity index (χ0n) is 16.2. The van der Waals surface area contributed by atoms with Crippen molar-refractivity contribution in [1.82, 2.24) is 9.29 Å². The van der Waals surface area contributed by atoms with Crippen LogP contribution >= 0.6 is 0 Å². The molecule has 0 amide bonds. The van der Waals surface area contributed by atoms with Crippen molar-refractivity contribution in [2.45, 2.75) is 43.7 Å². The number of hydrogen-bond donors (Lipinski definition) is 1. The number of sulfonamides is 1. The van der Waals surface area contributed by atoms with E-state index in [0.29, 0.717) is 12.5 Å². The largest absolute Gasteiger partial charge is 0.376 e. The number of nitrogens with one attached hydrogen (secondary N) is 1. The molecule has 1 atom stereocenters. The van der Waals surface area contributed by atoms with E-state index in [1.54, 1.807) is 18.3 Å². The molecule has 28 heavy (non-hydrogen) atoms. The van der Waals surface area contributed by atoms with Crippen molar-refractivity contribution in [3.05, 3.63) is 70.6 Å². The first-order valence-electron chi connectivity index (χ1n) is 9.71. The molecule has 1 heterocycles. The Kier molecular flexibility index (Phi) is 7.04. The summed E-state index contributed by atoms with van der Waals surface area (Å²) in [5.41, 5.74) is 1.21. The van der Waals surface area contributed by atoms with E-state index in [4.69, 9.17) is 4.74 Å². The summed E-state index contributed by atoms with van der Waals surface area (Å²) in [7, 11) is -3.34. The molecule has 1 aliphatic rings. The lowest BCUT2D eigenvalue weighted by molar-refractivity contribution is 0.00737. The fourth-order valence-corrected chi connectivity index (χ4v) is 4.26. The first-order valence-corrected chi connectivity index (χ1v) is 11.6. The van der Waals surface area contributed by atoms with Crippen LogP contribution in [0.25, 0.3) is 0 Å². The lowest BCUT2D eigenvalue weighted by atomic mass is 9.83. The highest BCUT2D eigenvalue weighted by molar-refractivity contribution is 7.88. The molecule has 1 saturated carbocycles. The van der Waals surface area contributed by atoms with Gasteiger partial charge in [0.1, 0.15) is 0 Å². The van der Waals surface area contributed by atoms with E-state index in [-0.39, 0.29) is 24.2 Å². The first-order chi connectivity index (χ1) is 13.4. The highest BCUT2D eigenvalue weighted by Crippen LogP contribution is 2.34. The summed E-state index contributed by atoms with van der Waals surface area (Å²) in [6.07, 6.45) is 7.01. The number of rotatable bonds is 8. The summed E-state index contributed by atoms with van der Waals surface area (Å²) in [5, 5.41) is 0. The third-order valence-corrected chi connectivity index (χ3v) is 5.99. The van der Waals surface area contributed by atoms with Crippen LogP contribution in [0.1, 0.15) is 43.2 Å². The van der Waals surface area contributed by atoms with Crippen molar-refractivity contribution in [3.8, 4) is 0 Å². The van der Waals surface area contributed by atoms with E-state index in [1.807, 2.05) is 6.07 Å². The summed E-state index contributed by atoms with van der Waals surface area (Å²) in [4.78, 5) is 12.2. The molecule has 1 aromatic heterocycles. The zero-order chi connectivity index (χ0) is 20.0. The second-order valence-corrected chi connectivity index (χ2v) is 9.27. The zero-order valence-corrected chi connectivity index (χ0v) is 17.0. The van der Waals surface area contributed by atoms with Crippen LogP contribution in [0, 0.1) is 0 Å². The predicted octanol–water partition coefficient (Wildman–Crippen LogP) is 2.68. The number of ether oxygens (including phenoxy) is 1. The molecular weight excluding hydrogens is 376 g/mol. The molecule has 7 heteroatoms. The van der Waals surface area contributed by atoms with Gasteiger partial charge in [0.2, 0.25) is 10.0 Å². The van der Waals surface area contributed by atoms with Gasteiger partial charge in [-0.1, -0.05) is 36.4 Å². The van der Waals surface area contributed by atoms with Crippen molar-refractivity contribution in [1.29, 1.82) is 0 Å². The van der Waals surface area contributed by atoms with Gasteiger partial charge >= 0.3 is 0 Å². The first kappa shape index (κ1) is 20.8. The van der Waals surface area contributed by atoms with Crippen molar-refractivity contribution in [2.75, 3.05) is 19.4 Å². The summed E-state index contributed by atoms with van der Waals surface area (Å²) in [5.74, 6) is 0.570. The molecular formula is C21H28N2O4S. The third-order valence-electron chi connectivity index (χ3n) is 5.30. The molecule has 1 N–H and O–H groups in total. The van der Waals surface area contributed by atoms with E-state index in [0.717, 1.165) is 31.9 Å². The van der Waals surface area contributed by atoms with E-state index in [2.05, 4.69) is 29.0 Å². The van der Waals surface area contributed by atoms with E-state index >= 15 is 0 Å². The summed E-state index contributed by atoms with van der Waals surface area (Å²) < 4.78 is 33.1. The number of hydrogen-bond acceptors (Lipinski definition) is 4. The van der Waals surface area contributed by atoms with E-state index in [1.165, 1.54) is 16.2 Å². The summed E-state index contributed by atoms with van der Waals surface area (Å²) in [6, 6.07) is 15.1. The molecule has 1 aliphatic carbocycles. The van der Waals surface area contributed by atoms with Crippen LogP contribution in [0.2, 0.25) is 0 Å². The van der Waals surface area contributed by atoms with Gasteiger partial charge < -0.3 is 9.30 Å². The molecule has 0 bridgehead atoms. The van der Waals surface area contributed by atoms with Gasteiger partial charge in [-0.25, -0.2) is 13.1 Å². The van der Waals surface area contributed by atoms with Crippen LogP contribution in [0.15, 0.2) is 59.5 Å². The SMILES string of the molecule is CS(=O)(=O)NCC(COC1CCC(c2ccccc2)CC1)n1ccccc1=O. The Bertz CT molecular complexity index is 903. The summed E-state index contributed by atoms with van der Waals surface area (Å²) in [6.45, 7) is 0.426. The highest BCUT2D eigenvalue weighted by atomic mass is 32.2. The van der Waals surface area contributed by atoms with Gasteiger partial charge in [0.25, 0.3) is 5.56 Å². The number of pyridine rings is 1. The van der Waals surface area contributed by atoms with Gasteiger partial charge in [-0.05, 0) is 43.2 Å². The van der Waals surface area contributed by atoms with Gasteiger partial charge in [0.05, 0.1) is 25.0 Å². The lowest BCUT2D eigenvalue weighted by Gasteiger charge is -2.30. The Hall–Kier alpha value is -1.96. The van der Waals surface area contributed by atoms with Gasteiger partial charge in [-0.3, -0.25) is 4.79 Å². The van der Waals surface area contributed by atoms with Crippen LogP contribution in [0.3, 0.4) is 0 Å². The molecule has 2 aromatic rings. The van der Waals surface area contributed by atoms with E-state index in [9.17, 15) is 13.2 Å². The molecule has 1 fully saturated rings. The van der Waals surface area contributed by atoms with E-state index < -0.39 is 10.0 Å². The maximum atomic E-state index is 12.2. The van der Waals surface area contributed by atoms with Gasteiger partial charge in [0, 0.05) is 18.8 Å². The summed E-state index contributed by atoms with van der Waals surface area (Å²) >= 11 is 0. The predicted molar refractivity (Wildman–Crippen MR) is 110 cm³/mol. The van der Waals surface area contributed by atoms with Crippen LogP contribution in [0.5, 0.6) is 0 Å². The molecule has 152 valence electrons. The average Bonchev–Trinajstić information content (AvgIpc) is 2.69. The van der Waals surface area contributed by atoms with Gasteiger partial charge in [-0.15, -0.1) is 0 Å². The maximum absolute atomic E-state index is 12.2. The number of benzene rings is 1. The van der Waals surface area contributed by atoms with Crippen LogP contribution < -0.4 is 10.3 Å². The Balaban J connectivity index is 1.58. The number of nitrogens with zero attached hydrogens (tertiary/aromatic N) is 1. The number of aromatic nitrogens is 1. The van der Waals surface area contributed by atoms with Crippen LogP contribution in [-0.4, -0.2) is 38.5 Å². The van der Waals surface area contributed by atoms with Gasteiger partial charge in [0.15, 0.2) is 0 Å². The monoisotopic (exact) mass is 404 g/mol. The fourth-order valence-electron chi connectivity index (χ4n) is 3.76. The van der Waals surface area contributed by atoms with Crippen molar-refractivity contribution in [3.63, 3.8) is 0 Å². The minimum atomic E-state index is -3.34.